The maximum atomic E-state index is 12.5. The number of rotatable bonds is 3. The van der Waals surface area contributed by atoms with Crippen LogP contribution in [0.25, 0.3) is 0 Å². The van der Waals surface area contributed by atoms with Gasteiger partial charge in [-0.25, -0.2) is 4.79 Å². The Balaban J connectivity index is 1.53. The van der Waals surface area contributed by atoms with E-state index in [2.05, 4.69) is 41.4 Å². The molecule has 2 aromatic carbocycles. The second-order valence-corrected chi connectivity index (χ2v) is 7.08. The Bertz CT molecular complexity index is 754. The van der Waals surface area contributed by atoms with Crippen LogP contribution in [-0.4, -0.2) is 42.0 Å². The van der Waals surface area contributed by atoms with E-state index in [1.54, 1.807) is 6.07 Å². The summed E-state index contributed by atoms with van der Waals surface area (Å²) in [5.41, 5.74) is 4.40. The van der Waals surface area contributed by atoms with Gasteiger partial charge in [-0.1, -0.05) is 47.5 Å². The van der Waals surface area contributed by atoms with Gasteiger partial charge in [0.05, 0.1) is 0 Å². The highest BCUT2D eigenvalue weighted by Gasteiger charge is 2.21. The molecule has 1 aliphatic rings. The third kappa shape index (κ3) is 4.74. The van der Waals surface area contributed by atoms with E-state index in [-0.39, 0.29) is 6.03 Å². The summed E-state index contributed by atoms with van der Waals surface area (Å²) in [5.74, 6) is 0. The predicted octanol–water partition coefficient (Wildman–Crippen LogP) is 4.31. The molecule has 1 saturated heterocycles. The van der Waals surface area contributed by atoms with Crippen molar-refractivity contribution in [2.24, 2.45) is 0 Å². The fraction of sp³-hybridized carbons (Fsp3) is 0.350. The molecule has 4 nitrogen and oxygen atoms in total. The average Bonchev–Trinajstić information content (AvgIpc) is 2.59. The van der Waals surface area contributed by atoms with Gasteiger partial charge in [-0.05, 0) is 37.1 Å². The first-order valence-electron chi connectivity index (χ1n) is 8.61. The van der Waals surface area contributed by atoms with Gasteiger partial charge in [0.1, 0.15) is 0 Å². The van der Waals surface area contributed by atoms with E-state index < -0.39 is 0 Å². The molecule has 0 aromatic heterocycles. The molecule has 0 aliphatic carbocycles. The van der Waals surface area contributed by atoms with Gasteiger partial charge >= 0.3 is 6.03 Å². The Labute approximate surface area is 154 Å². The lowest BCUT2D eigenvalue weighted by Gasteiger charge is -2.34. The van der Waals surface area contributed by atoms with Crippen molar-refractivity contribution in [2.75, 3.05) is 31.5 Å². The predicted molar refractivity (Wildman–Crippen MR) is 103 cm³/mol. The maximum absolute atomic E-state index is 12.5. The van der Waals surface area contributed by atoms with Crippen LogP contribution in [0.5, 0.6) is 0 Å². The van der Waals surface area contributed by atoms with Crippen LogP contribution in [0.15, 0.2) is 42.5 Å². The standard InChI is InChI=1S/C20H24ClN3O/c1-15-4-3-5-17(12-15)14-23-8-10-24(11-9-23)20(25)22-19-13-18(21)7-6-16(19)2/h3-7,12-13H,8-11,14H2,1-2H3,(H,22,25). The second kappa shape index (κ2) is 7.89. The van der Waals surface area contributed by atoms with Gasteiger partial charge in [-0.2, -0.15) is 0 Å². The first-order chi connectivity index (χ1) is 12.0. The summed E-state index contributed by atoms with van der Waals surface area (Å²) in [6.45, 7) is 8.25. The van der Waals surface area contributed by atoms with Crippen molar-refractivity contribution < 1.29 is 4.79 Å². The lowest BCUT2D eigenvalue weighted by atomic mass is 10.1. The summed E-state index contributed by atoms with van der Waals surface area (Å²) in [7, 11) is 0. The number of carbonyl (C=O) groups excluding carboxylic acids is 1. The van der Waals surface area contributed by atoms with Gasteiger partial charge in [0.25, 0.3) is 0 Å². The second-order valence-electron chi connectivity index (χ2n) is 6.64. The molecule has 2 amide bonds. The van der Waals surface area contributed by atoms with Crippen LogP contribution in [0, 0.1) is 13.8 Å². The Hall–Kier alpha value is -2.04. The molecule has 5 heteroatoms. The highest BCUT2D eigenvalue weighted by atomic mass is 35.5. The van der Waals surface area contributed by atoms with E-state index in [1.807, 2.05) is 24.0 Å². The summed E-state index contributed by atoms with van der Waals surface area (Å²) in [6.07, 6.45) is 0. The zero-order chi connectivity index (χ0) is 17.8. The van der Waals surface area contributed by atoms with E-state index in [1.165, 1.54) is 11.1 Å². The molecule has 1 fully saturated rings. The molecule has 0 radical (unpaired) electrons. The number of aryl methyl sites for hydroxylation is 2. The van der Waals surface area contributed by atoms with E-state index in [4.69, 9.17) is 11.6 Å². The molecule has 0 bridgehead atoms. The first kappa shape index (κ1) is 17.8. The van der Waals surface area contributed by atoms with Crippen molar-refractivity contribution in [2.45, 2.75) is 20.4 Å². The molecule has 1 heterocycles. The SMILES string of the molecule is Cc1cccc(CN2CCN(C(=O)Nc3cc(Cl)ccc3C)CC2)c1. The smallest absolute Gasteiger partial charge is 0.321 e. The quantitative estimate of drug-likeness (QED) is 0.888. The van der Waals surface area contributed by atoms with Crippen LogP contribution < -0.4 is 5.32 Å². The van der Waals surface area contributed by atoms with E-state index in [9.17, 15) is 4.79 Å². The third-order valence-electron chi connectivity index (χ3n) is 4.59. The van der Waals surface area contributed by atoms with Crippen molar-refractivity contribution in [1.29, 1.82) is 0 Å². The Morgan fingerprint density at radius 1 is 1.08 bits per heavy atom. The average molecular weight is 358 g/mol. The number of anilines is 1. The Kier molecular flexibility index (Phi) is 5.61. The maximum Gasteiger partial charge on any atom is 0.321 e. The number of nitrogens with one attached hydrogen (secondary N) is 1. The zero-order valence-corrected chi connectivity index (χ0v) is 15.5. The molecular formula is C20H24ClN3O. The van der Waals surface area contributed by atoms with Crippen molar-refractivity contribution in [1.82, 2.24) is 9.80 Å². The van der Waals surface area contributed by atoms with Crippen LogP contribution in [0.2, 0.25) is 5.02 Å². The highest BCUT2D eigenvalue weighted by molar-refractivity contribution is 6.31. The van der Waals surface area contributed by atoms with Crippen LogP contribution in [-0.2, 0) is 6.54 Å². The van der Waals surface area contributed by atoms with Crippen molar-refractivity contribution in [3.05, 3.63) is 64.2 Å². The van der Waals surface area contributed by atoms with Crippen molar-refractivity contribution in [3.8, 4) is 0 Å². The number of benzene rings is 2. The summed E-state index contributed by atoms with van der Waals surface area (Å²) in [5, 5.41) is 3.61. The summed E-state index contributed by atoms with van der Waals surface area (Å²) >= 11 is 6.02. The molecule has 0 saturated carbocycles. The molecule has 1 aliphatic heterocycles. The normalized spacial score (nSPS) is 15.2. The molecular weight excluding hydrogens is 334 g/mol. The molecule has 25 heavy (non-hydrogen) atoms. The number of piperazine rings is 1. The summed E-state index contributed by atoms with van der Waals surface area (Å²) in [6, 6.07) is 14.1. The van der Waals surface area contributed by atoms with Gasteiger partial charge in [0.15, 0.2) is 0 Å². The van der Waals surface area contributed by atoms with Crippen molar-refractivity contribution >= 4 is 23.3 Å². The number of hydrogen-bond acceptors (Lipinski definition) is 2. The van der Waals surface area contributed by atoms with Crippen LogP contribution >= 0.6 is 11.6 Å². The number of halogens is 1. The monoisotopic (exact) mass is 357 g/mol. The van der Waals surface area contributed by atoms with Gasteiger partial charge in [-0.15, -0.1) is 0 Å². The molecule has 132 valence electrons. The highest BCUT2D eigenvalue weighted by Crippen LogP contribution is 2.21. The minimum absolute atomic E-state index is 0.0550. The van der Waals surface area contributed by atoms with E-state index in [0.717, 1.165) is 44.0 Å². The molecule has 0 atom stereocenters. The van der Waals surface area contributed by atoms with Gasteiger partial charge in [0, 0.05) is 43.4 Å². The summed E-state index contributed by atoms with van der Waals surface area (Å²) < 4.78 is 0. The molecule has 3 rings (SSSR count). The van der Waals surface area contributed by atoms with E-state index >= 15 is 0 Å². The number of hydrogen-bond donors (Lipinski definition) is 1. The molecule has 0 unspecified atom stereocenters. The van der Waals surface area contributed by atoms with Crippen LogP contribution in [0.1, 0.15) is 16.7 Å². The Morgan fingerprint density at radius 3 is 2.56 bits per heavy atom. The van der Waals surface area contributed by atoms with Crippen LogP contribution in [0.4, 0.5) is 10.5 Å². The third-order valence-corrected chi connectivity index (χ3v) is 4.82. The topological polar surface area (TPSA) is 35.6 Å². The lowest BCUT2D eigenvalue weighted by Crippen LogP contribution is -2.49. The molecule has 1 N–H and O–H groups in total. The number of carbonyl (C=O) groups is 1. The minimum atomic E-state index is -0.0550. The van der Waals surface area contributed by atoms with Crippen LogP contribution in [0.3, 0.4) is 0 Å². The fourth-order valence-electron chi connectivity index (χ4n) is 3.10. The zero-order valence-electron chi connectivity index (χ0n) is 14.8. The number of amides is 2. The Morgan fingerprint density at radius 2 is 1.84 bits per heavy atom. The largest absolute Gasteiger partial charge is 0.322 e. The number of urea groups is 1. The van der Waals surface area contributed by atoms with E-state index in [0.29, 0.717) is 5.02 Å². The van der Waals surface area contributed by atoms with Gasteiger partial charge < -0.3 is 10.2 Å². The molecule has 0 spiro atoms. The first-order valence-corrected chi connectivity index (χ1v) is 8.99. The lowest BCUT2D eigenvalue weighted by molar-refractivity contribution is 0.143. The fourth-order valence-corrected chi connectivity index (χ4v) is 3.27. The summed E-state index contributed by atoms with van der Waals surface area (Å²) in [4.78, 5) is 16.8. The van der Waals surface area contributed by atoms with Gasteiger partial charge in [-0.3, -0.25) is 4.90 Å². The minimum Gasteiger partial charge on any atom is -0.322 e. The molecule has 2 aromatic rings. The van der Waals surface area contributed by atoms with Gasteiger partial charge in [0.2, 0.25) is 0 Å². The van der Waals surface area contributed by atoms with Crippen molar-refractivity contribution in [3.63, 3.8) is 0 Å². The number of nitrogens with zero attached hydrogens (tertiary/aromatic N) is 2.